The second kappa shape index (κ2) is 8.25. The van der Waals surface area contributed by atoms with Crippen molar-refractivity contribution in [2.45, 2.75) is 44.7 Å². The fraction of sp³-hybridized carbons (Fsp3) is 0.464. The highest BCUT2D eigenvalue weighted by molar-refractivity contribution is 6.23. The van der Waals surface area contributed by atoms with Crippen LogP contribution in [0, 0.1) is 11.8 Å². The first-order valence-corrected chi connectivity index (χ1v) is 13.0. The molecule has 5 aliphatic rings. The number of hydrogen-bond donors (Lipinski definition) is 0. The Morgan fingerprint density at radius 2 is 1.78 bits per heavy atom. The van der Waals surface area contributed by atoms with Crippen LogP contribution in [0.4, 0.5) is 5.69 Å². The summed E-state index contributed by atoms with van der Waals surface area (Å²) in [7, 11) is 0. The number of amides is 3. The molecule has 2 aromatic rings. The number of carbonyl (C=O) groups excluding carboxylic acids is 3. The van der Waals surface area contributed by atoms with Crippen molar-refractivity contribution in [3.63, 3.8) is 0 Å². The molecule has 36 heavy (non-hydrogen) atoms. The average molecular weight is 488 g/mol. The summed E-state index contributed by atoms with van der Waals surface area (Å²) in [6.45, 7) is 2.70. The fourth-order valence-electron chi connectivity index (χ4n) is 6.74. The first kappa shape index (κ1) is 21.7. The fourth-order valence-corrected chi connectivity index (χ4v) is 6.74. The summed E-state index contributed by atoms with van der Waals surface area (Å²) in [6, 6.07) is 11.4. The second-order valence-corrected chi connectivity index (χ2v) is 10.7. The molecule has 8 heteroatoms. The van der Waals surface area contributed by atoms with Gasteiger partial charge in [-0.2, -0.15) is 0 Å². The minimum absolute atomic E-state index is 0.0530. The molecule has 0 radical (unpaired) electrons. The lowest BCUT2D eigenvalue weighted by Crippen LogP contribution is -2.45. The zero-order valence-electron chi connectivity index (χ0n) is 20.2. The number of anilines is 1. The summed E-state index contributed by atoms with van der Waals surface area (Å²) in [5.74, 6) is 1.83. The van der Waals surface area contributed by atoms with Gasteiger partial charge in [0.1, 0.15) is 0 Å². The van der Waals surface area contributed by atoms with E-state index in [0.717, 1.165) is 37.1 Å². The van der Waals surface area contributed by atoms with Gasteiger partial charge >= 0.3 is 0 Å². The lowest BCUT2D eigenvalue weighted by atomic mass is 9.93. The van der Waals surface area contributed by atoms with Gasteiger partial charge in [-0.1, -0.05) is 12.1 Å². The molecule has 1 saturated carbocycles. The van der Waals surface area contributed by atoms with Crippen molar-refractivity contribution in [3.05, 3.63) is 53.1 Å². The van der Waals surface area contributed by atoms with Gasteiger partial charge in [0, 0.05) is 31.6 Å². The van der Waals surface area contributed by atoms with Crippen LogP contribution < -0.4 is 14.4 Å². The molecule has 2 aromatic carbocycles. The Hall–Kier alpha value is -3.55. The Morgan fingerprint density at radius 1 is 0.944 bits per heavy atom. The molecule has 0 unspecified atom stereocenters. The van der Waals surface area contributed by atoms with E-state index in [1.165, 1.54) is 17.7 Å². The van der Waals surface area contributed by atoms with Crippen molar-refractivity contribution in [3.8, 4) is 11.5 Å². The molecule has 8 nitrogen and oxygen atoms in total. The van der Waals surface area contributed by atoms with E-state index in [0.29, 0.717) is 53.6 Å². The molecular formula is C28H29N3O5. The van der Waals surface area contributed by atoms with Crippen LogP contribution in [0.25, 0.3) is 0 Å². The van der Waals surface area contributed by atoms with Crippen molar-refractivity contribution in [2.24, 2.45) is 11.8 Å². The van der Waals surface area contributed by atoms with Crippen molar-refractivity contribution in [2.75, 3.05) is 31.3 Å². The number of rotatable bonds is 4. The van der Waals surface area contributed by atoms with E-state index in [1.54, 1.807) is 12.1 Å². The lowest BCUT2D eigenvalue weighted by molar-refractivity contribution is -0.137. The number of benzene rings is 2. The number of likely N-dealkylation sites (tertiary alicyclic amines) is 1. The third-order valence-electron chi connectivity index (χ3n) is 8.63. The molecule has 2 atom stereocenters. The highest BCUT2D eigenvalue weighted by Gasteiger charge is 2.43. The van der Waals surface area contributed by atoms with Crippen molar-refractivity contribution >= 4 is 23.4 Å². The number of ether oxygens (including phenoxy) is 2. The maximum absolute atomic E-state index is 13.5. The third-order valence-corrected chi connectivity index (χ3v) is 8.63. The molecule has 4 heterocycles. The summed E-state index contributed by atoms with van der Waals surface area (Å²) in [5, 5.41) is 0. The highest BCUT2D eigenvalue weighted by Crippen LogP contribution is 2.40. The van der Waals surface area contributed by atoms with Gasteiger partial charge in [0.15, 0.2) is 11.5 Å². The number of nitrogens with zero attached hydrogens (tertiary/aromatic N) is 3. The normalized spacial score (nSPS) is 24.7. The molecule has 0 N–H and O–H groups in total. The van der Waals surface area contributed by atoms with Crippen molar-refractivity contribution < 1.29 is 23.9 Å². The van der Waals surface area contributed by atoms with Crippen LogP contribution in [0.2, 0.25) is 0 Å². The van der Waals surface area contributed by atoms with Crippen LogP contribution in [0.3, 0.4) is 0 Å². The number of piperidine rings is 2. The van der Waals surface area contributed by atoms with Gasteiger partial charge in [-0.05, 0) is 67.9 Å². The molecule has 3 amide bonds. The molecule has 2 saturated heterocycles. The summed E-state index contributed by atoms with van der Waals surface area (Å²) in [5.41, 5.74) is 2.53. The maximum atomic E-state index is 13.5. The Kier molecular flexibility index (Phi) is 4.98. The van der Waals surface area contributed by atoms with Crippen LogP contribution in [0.5, 0.6) is 11.5 Å². The van der Waals surface area contributed by atoms with E-state index in [4.69, 9.17) is 9.47 Å². The number of carbonyl (C=O) groups is 3. The first-order valence-electron chi connectivity index (χ1n) is 13.0. The average Bonchev–Trinajstić information content (AvgIpc) is 3.70. The molecule has 3 fully saturated rings. The Bertz CT molecular complexity index is 1270. The summed E-state index contributed by atoms with van der Waals surface area (Å²) in [6.07, 6.45) is 5.16. The van der Waals surface area contributed by atoms with Gasteiger partial charge in [0.25, 0.3) is 11.8 Å². The molecule has 4 aliphatic heterocycles. The molecule has 2 bridgehead atoms. The SMILES string of the molecule is O=C1c2cccc(N3CCC(C(=O)N4C[C@@H]5CC[C@@H]4C5)CC3)c2C(=O)N1Cc1ccc2c(c1)OCO2. The van der Waals surface area contributed by atoms with Crippen molar-refractivity contribution in [1.82, 2.24) is 9.80 Å². The van der Waals surface area contributed by atoms with Gasteiger partial charge in [-0.15, -0.1) is 0 Å². The molecular weight excluding hydrogens is 458 g/mol. The van der Waals surface area contributed by atoms with Crippen molar-refractivity contribution in [1.29, 1.82) is 0 Å². The topological polar surface area (TPSA) is 79.4 Å². The second-order valence-electron chi connectivity index (χ2n) is 10.7. The standard InChI is InChI=1S/C28H29N3O5/c32-26(30-14-17-4-6-20(30)12-17)19-8-10-29(11-9-19)22-3-1-2-21-25(22)28(34)31(27(21)33)15-18-5-7-23-24(13-18)36-16-35-23/h1-3,5,7,13,17,19-20H,4,6,8-12,14-16H2/t17-,20-/m1/s1. The largest absolute Gasteiger partial charge is 0.454 e. The van der Waals surface area contributed by atoms with Gasteiger partial charge < -0.3 is 19.3 Å². The summed E-state index contributed by atoms with van der Waals surface area (Å²) in [4.78, 5) is 45.5. The van der Waals surface area contributed by atoms with Gasteiger partial charge in [0.2, 0.25) is 12.7 Å². The molecule has 7 rings (SSSR count). The number of hydrogen-bond acceptors (Lipinski definition) is 6. The van der Waals surface area contributed by atoms with E-state index in [1.807, 2.05) is 24.3 Å². The first-order chi connectivity index (χ1) is 17.6. The molecule has 1 aliphatic carbocycles. The molecule has 0 aromatic heterocycles. The zero-order chi connectivity index (χ0) is 24.4. The van der Waals surface area contributed by atoms with Crippen LogP contribution in [0.15, 0.2) is 36.4 Å². The van der Waals surface area contributed by atoms with Crippen LogP contribution >= 0.6 is 0 Å². The number of imide groups is 1. The van der Waals surface area contributed by atoms with E-state index < -0.39 is 0 Å². The molecule has 0 spiro atoms. The van der Waals surface area contributed by atoms with E-state index >= 15 is 0 Å². The number of fused-ring (bicyclic) bond motifs is 4. The lowest BCUT2D eigenvalue weighted by Gasteiger charge is -2.37. The predicted molar refractivity (Wildman–Crippen MR) is 131 cm³/mol. The smallest absolute Gasteiger partial charge is 0.263 e. The Balaban J connectivity index is 1.07. The zero-order valence-corrected chi connectivity index (χ0v) is 20.2. The summed E-state index contributed by atoms with van der Waals surface area (Å²) < 4.78 is 10.8. The van der Waals surface area contributed by atoms with Crippen LogP contribution in [-0.4, -0.2) is 60.0 Å². The van der Waals surface area contributed by atoms with E-state index in [2.05, 4.69) is 9.80 Å². The Morgan fingerprint density at radius 3 is 2.56 bits per heavy atom. The van der Waals surface area contributed by atoms with E-state index in [-0.39, 0.29) is 31.1 Å². The monoisotopic (exact) mass is 487 g/mol. The van der Waals surface area contributed by atoms with Gasteiger partial charge in [-0.25, -0.2) is 0 Å². The molecule has 186 valence electrons. The maximum Gasteiger partial charge on any atom is 0.263 e. The quantitative estimate of drug-likeness (QED) is 0.615. The highest BCUT2D eigenvalue weighted by atomic mass is 16.7. The third kappa shape index (κ3) is 3.38. The van der Waals surface area contributed by atoms with Gasteiger partial charge in [-0.3, -0.25) is 19.3 Å². The Labute approximate surface area is 209 Å². The summed E-state index contributed by atoms with van der Waals surface area (Å²) >= 11 is 0. The van der Waals surface area contributed by atoms with Crippen LogP contribution in [0.1, 0.15) is 58.4 Å². The minimum Gasteiger partial charge on any atom is -0.454 e. The minimum atomic E-state index is -0.274. The van der Waals surface area contributed by atoms with Crippen LogP contribution in [-0.2, 0) is 11.3 Å². The van der Waals surface area contributed by atoms with Gasteiger partial charge in [0.05, 0.1) is 23.4 Å². The predicted octanol–water partition coefficient (Wildman–Crippen LogP) is 3.44. The van der Waals surface area contributed by atoms with E-state index in [9.17, 15) is 14.4 Å².